The van der Waals surface area contributed by atoms with Crippen LogP contribution in [0.1, 0.15) is 26.2 Å². The molecular formula is C5H14Cl3NRu. The van der Waals surface area contributed by atoms with Gasteiger partial charge in [0.1, 0.15) is 0 Å². The first-order valence-corrected chi connectivity index (χ1v) is 2.71. The minimum Gasteiger partial charge on any atom is -1.00 e. The fourth-order valence-corrected chi connectivity index (χ4v) is 0.427. The van der Waals surface area contributed by atoms with Crippen LogP contribution >= 0.6 is 0 Å². The van der Waals surface area contributed by atoms with E-state index in [0.717, 1.165) is 6.54 Å². The zero-order chi connectivity index (χ0) is 4.83. The number of unbranched alkanes of at least 4 members (excludes halogenated alkanes) is 2. The minimum atomic E-state index is 0. The fourth-order valence-electron chi connectivity index (χ4n) is 0.427. The van der Waals surface area contributed by atoms with Crippen molar-refractivity contribution in [1.82, 2.24) is 0 Å². The Morgan fingerprint density at radius 2 is 1.40 bits per heavy atom. The Morgan fingerprint density at radius 3 is 1.50 bits per heavy atom. The fraction of sp³-hybridized carbons (Fsp3) is 1.00. The summed E-state index contributed by atoms with van der Waals surface area (Å²) >= 11 is 0. The van der Waals surface area contributed by atoms with Crippen molar-refractivity contribution in [2.45, 2.75) is 26.2 Å². The third-order valence-corrected chi connectivity index (χ3v) is 0.854. The smallest absolute Gasteiger partial charge is 1.00 e. The maximum Gasteiger partial charge on any atom is 2.00 e. The largest absolute Gasteiger partial charge is 2.00 e. The van der Waals surface area contributed by atoms with Crippen LogP contribution in [0.2, 0.25) is 0 Å². The summed E-state index contributed by atoms with van der Waals surface area (Å²) < 4.78 is 0. The molecule has 0 amide bonds. The molecule has 0 rings (SSSR count). The van der Waals surface area contributed by atoms with Crippen LogP contribution in [0.25, 0.3) is 0 Å². The third-order valence-electron chi connectivity index (χ3n) is 0.854. The van der Waals surface area contributed by atoms with E-state index in [2.05, 4.69) is 12.7 Å². The Balaban J connectivity index is -0.0000000208. The van der Waals surface area contributed by atoms with E-state index in [-0.39, 0.29) is 56.7 Å². The van der Waals surface area contributed by atoms with E-state index in [4.69, 9.17) is 0 Å². The number of rotatable bonds is 3. The summed E-state index contributed by atoms with van der Waals surface area (Å²) in [5.41, 5.74) is 3.72. The van der Waals surface area contributed by atoms with Crippen molar-refractivity contribution in [2.24, 2.45) is 0 Å². The van der Waals surface area contributed by atoms with Gasteiger partial charge in [0, 0.05) is 0 Å². The first kappa shape index (κ1) is 30.1. The quantitative estimate of drug-likeness (QED) is 0.396. The maximum absolute atomic E-state index is 3.72. The monoisotopic (exact) mass is 295 g/mol. The average Bonchev–Trinajstić information content (AvgIpc) is 1.61. The van der Waals surface area contributed by atoms with Gasteiger partial charge in [-0.25, -0.2) is 0 Å². The van der Waals surface area contributed by atoms with Crippen LogP contribution in [0.15, 0.2) is 0 Å². The second kappa shape index (κ2) is 31.4. The van der Waals surface area contributed by atoms with E-state index in [1.165, 1.54) is 19.3 Å². The standard InChI is InChI=1S/C5H13N.3ClH.Ru/c1-2-3-4-5-6;;;;/h2-6H2,1H3;3*1H;/q;;;;+2/p-2. The number of hydrogen-bond acceptors (Lipinski definition) is 0. The maximum atomic E-state index is 3.72. The number of quaternary nitrogens is 1. The molecule has 10 heavy (non-hydrogen) atoms. The van der Waals surface area contributed by atoms with Crippen LogP contribution in [0.5, 0.6) is 0 Å². The van der Waals surface area contributed by atoms with Crippen molar-refractivity contribution >= 4 is 0 Å². The Bertz CT molecular complexity index is 28.9. The zero-order valence-corrected chi connectivity index (χ0v) is 10.0. The molecule has 0 bridgehead atoms. The molecule has 0 unspecified atom stereocenters. The summed E-state index contributed by atoms with van der Waals surface area (Å²) in [6, 6.07) is 0. The Hall–Kier alpha value is 1.45. The molecule has 0 aromatic heterocycles. The number of hydrogen-bond donors (Lipinski definition) is 1. The summed E-state index contributed by atoms with van der Waals surface area (Å²) in [4.78, 5) is 0. The van der Waals surface area contributed by atoms with Crippen LogP contribution in [0.4, 0.5) is 0 Å². The molecule has 0 aromatic rings. The molecule has 0 saturated heterocycles. The molecule has 5 heteroatoms. The summed E-state index contributed by atoms with van der Waals surface area (Å²) in [6.45, 7) is 3.31. The second-order valence-corrected chi connectivity index (χ2v) is 1.56. The molecule has 0 radical (unpaired) electrons. The van der Waals surface area contributed by atoms with Gasteiger partial charge in [-0.1, -0.05) is 13.3 Å². The Kier molecular flexibility index (Phi) is 94.4. The van der Waals surface area contributed by atoms with Crippen molar-refractivity contribution in [2.75, 3.05) is 6.54 Å². The molecule has 0 fully saturated rings. The van der Waals surface area contributed by atoms with Crippen molar-refractivity contribution in [1.29, 1.82) is 0 Å². The molecule has 0 heterocycles. The van der Waals surface area contributed by atoms with Crippen LogP contribution in [0.3, 0.4) is 0 Å². The van der Waals surface area contributed by atoms with Gasteiger partial charge >= 0.3 is 19.5 Å². The molecule has 0 aliphatic heterocycles. The molecule has 0 spiro atoms. The van der Waals surface area contributed by atoms with Gasteiger partial charge < -0.3 is 43.0 Å². The van der Waals surface area contributed by atoms with E-state index < -0.39 is 0 Å². The molecule has 1 nitrogen and oxygen atoms in total. The van der Waals surface area contributed by atoms with Crippen molar-refractivity contribution < 1.29 is 62.4 Å². The van der Waals surface area contributed by atoms with Crippen molar-refractivity contribution in [3.63, 3.8) is 0 Å². The average molecular weight is 296 g/mol. The Labute approximate surface area is 94.9 Å². The zero-order valence-electron chi connectivity index (χ0n) is 6.02. The third kappa shape index (κ3) is 34.1. The summed E-state index contributed by atoms with van der Waals surface area (Å²) in [6.07, 6.45) is 3.97. The second-order valence-electron chi connectivity index (χ2n) is 1.56. The van der Waals surface area contributed by atoms with Crippen LogP contribution in [-0.4, -0.2) is 6.54 Å². The van der Waals surface area contributed by atoms with E-state index in [1.807, 2.05) is 0 Å². The first-order chi connectivity index (χ1) is 2.91. The normalized spacial score (nSPS) is 5.40. The summed E-state index contributed by atoms with van der Waals surface area (Å²) in [5.74, 6) is 0. The van der Waals surface area contributed by atoms with Crippen molar-refractivity contribution in [3.8, 4) is 0 Å². The molecular weight excluding hydrogens is 281 g/mol. The van der Waals surface area contributed by atoms with E-state index >= 15 is 0 Å². The number of halogens is 3. The van der Waals surface area contributed by atoms with Crippen LogP contribution < -0.4 is 43.0 Å². The summed E-state index contributed by atoms with van der Waals surface area (Å²) in [5, 5.41) is 0. The molecule has 3 N–H and O–H groups in total. The molecule has 0 saturated carbocycles. The SMILES string of the molecule is CCCCC[NH3+].[Cl-].[Cl-].[Cl-].[Ru+2]. The molecule has 0 aliphatic rings. The molecule has 0 aliphatic carbocycles. The van der Waals surface area contributed by atoms with Gasteiger partial charge in [0.2, 0.25) is 0 Å². The van der Waals surface area contributed by atoms with E-state index in [1.54, 1.807) is 0 Å². The molecule has 68 valence electrons. The molecule has 0 atom stereocenters. The first-order valence-electron chi connectivity index (χ1n) is 2.71. The van der Waals surface area contributed by atoms with Gasteiger partial charge in [0.05, 0.1) is 6.54 Å². The van der Waals surface area contributed by atoms with Gasteiger partial charge in [-0.2, -0.15) is 0 Å². The van der Waals surface area contributed by atoms with E-state index in [0.29, 0.717) is 0 Å². The minimum absolute atomic E-state index is 0. The topological polar surface area (TPSA) is 27.6 Å². The predicted molar refractivity (Wildman–Crippen MR) is 27.3 cm³/mol. The Morgan fingerprint density at radius 1 is 1.00 bits per heavy atom. The van der Waals surface area contributed by atoms with Gasteiger partial charge in [-0.3, -0.25) is 0 Å². The van der Waals surface area contributed by atoms with Crippen LogP contribution in [0, 0.1) is 0 Å². The molecule has 0 aromatic carbocycles. The van der Waals surface area contributed by atoms with Gasteiger partial charge in [-0.05, 0) is 12.8 Å². The van der Waals surface area contributed by atoms with Gasteiger partial charge in [0.15, 0.2) is 0 Å². The predicted octanol–water partition coefficient (Wildman–Crippen LogP) is -8.57. The summed E-state index contributed by atoms with van der Waals surface area (Å²) in [7, 11) is 0. The van der Waals surface area contributed by atoms with Gasteiger partial charge in [0.25, 0.3) is 0 Å². The van der Waals surface area contributed by atoms with Crippen molar-refractivity contribution in [3.05, 3.63) is 0 Å². The van der Waals surface area contributed by atoms with E-state index in [9.17, 15) is 0 Å². The van der Waals surface area contributed by atoms with Crippen LogP contribution in [-0.2, 0) is 19.5 Å². The van der Waals surface area contributed by atoms with Gasteiger partial charge in [-0.15, -0.1) is 0 Å².